The van der Waals surface area contributed by atoms with E-state index in [0.717, 1.165) is 5.56 Å². The Hall–Kier alpha value is -2.35. The minimum atomic E-state index is -1.11. The minimum absolute atomic E-state index is 0.00130. The molecule has 0 fully saturated rings. The van der Waals surface area contributed by atoms with Gasteiger partial charge in [0.15, 0.2) is 6.04 Å². The van der Waals surface area contributed by atoms with Crippen molar-refractivity contribution in [1.29, 1.82) is 0 Å². The monoisotopic (exact) mass is 383 g/mol. The van der Waals surface area contributed by atoms with Crippen molar-refractivity contribution in [3.05, 3.63) is 29.1 Å². The van der Waals surface area contributed by atoms with E-state index >= 15 is 0 Å². The van der Waals surface area contributed by atoms with Crippen molar-refractivity contribution in [3.63, 3.8) is 0 Å². The summed E-state index contributed by atoms with van der Waals surface area (Å²) in [4.78, 5) is 23.8. The molecule has 0 heterocycles. The zero-order valence-electron chi connectivity index (χ0n) is 16.0. The number of esters is 1. The van der Waals surface area contributed by atoms with Crippen molar-refractivity contribution >= 4 is 12.1 Å². The Morgan fingerprint density at radius 3 is 2.63 bits per heavy atom. The van der Waals surface area contributed by atoms with E-state index in [9.17, 15) is 19.1 Å². The number of nitrogens with one attached hydrogen (secondary N) is 1. The Balaban J connectivity index is 2.04. The highest BCUT2D eigenvalue weighted by molar-refractivity contribution is 5.81. The molecule has 0 spiro atoms. The second-order valence-electron chi connectivity index (χ2n) is 7.53. The van der Waals surface area contributed by atoms with Crippen LogP contribution in [0.3, 0.4) is 0 Å². The Morgan fingerprint density at radius 2 is 2.04 bits per heavy atom. The van der Waals surface area contributed by atoms with E-state index in [1.54, 1.807) is 26.8 Å². The quantitative estimate of drug-likeness (QED) is 0.730. The summed E-state index contributed by atoms with van der Waals surface area (Å²) in [5.41, 5.74) is 0.634. The van der Waals surface area contributed by atoms with E-state index in [4.69, 9.17) is 9.47 Å². The number of hydrogen-bond acceptors (Lipinski definition) is 6. The Kier molecular flexibility index (Phi) is 6.64. The third-order valence-electron chi connectivity index (χ3n) is 4.11. The average Bonchev–Trinajstić information content (AvgIpc) is 3.00. The van der Waals surface area contributed by atoms with Gasteiger partial charge in [-0.05, 0) is 56.7 Å². The predicted molar refractivity (Wildman–Crippen MR) is 95.1 cm³/mol. The first-order valence-electron chi connectivity index (χ1n) is 8.75. The lowest BCUT2D eigenvalue weighted by Gasteiger charge is -2.22. The van der Waals surface area contributed by atoms with E-state index in [-0.39, 0.29) is 24.9 Å². The van der Waals surface area contributed by atoms with Gasteiger partial charge in [-0.15, -0.1) is 0 Å². The maximum Gasteiger partial charge on any atom is 0.408 e. The van der Waals surface area contributed by atoms with E-state index in [1.807, 2.05) is 0 Å². The summed E-state index contributed by atoms with van der Waals surface area (Å²) in [5, 5.41) is 11.7. The smallest absolute Gasteiger partial charge is 0.408 e. The number of aliphatic hydroxyl groups is 1. The van der Waals surface area contributed by atoms with Crippen LogP contribution in [-0.4, -0.2) is 49.1 Å². The maximum atomic E-state index is 14.3. The highest BCUT2D eigenvalue weighted by Crippen LogP contribution is 2.32. The van der Waals surface area contributed by atoms with Crippen LogP contribution in [0.25, 0.3) is 0 Å². The number of halogens is 1. The van der Waals surface area contributed by atoms with Crippen LogP contribution in [0.1, 0.15) is 31.9 Å². The van der Waals surface area contributed by atoms with Gasteiger partial charge >= 0.3 is 12.1 Å². The van der Waals surface area contributed by atoms with E-state index in [1.165, 1.54) is 13.2 Å². The lowest BCUT2D eigenvalue weighted by Crippen LogP contribution is -2.47. The molecule has 1 aromatic rings. The molecule has 7 nitrogen and oxygen atoms in total. The third-order valence-corrected chi connectivity index (χ3v) is 4.11. The normalized spacial score (nSPS) is 17.0. The molecule has 0 bridgehead atoms. The predicted octanol–water partition coefficient (Wildman–Crippen LogP) is 1.98. The molecule has 2 N–H and O–H groups in total. The molecule has 0 saturated carbocycles. The number of benzene rings is 1. The second kappa shape index (κ2) is 8.56. The van der Waals surface area contributed by atoms with Crippen molar-refractivity contribution in [2.45, 2.75) is 45.3 Å². The molecule has 1 aromatic carbocycles. The van der Waals surface area contributed by atoms with Gasteiger partial charge in [0.2, 0.25) is 0 Å². The fraction of sp³-hybridized carbons (Fsp3) is 0.579. The van der Waals surface area contributed by atoms with Crippen LogP contribution < -0.4 is 10.1 Å². The summed E-state index contributed by atoms with van der Waals surface area (Å²) in [6.45, 7) is 4.84. The molecular weight excluding hydrogens is 357 g/mol. The van der Waals surface area contributed by atoms with Crippen LogP contribution in [0.15, 0.2) is 12.1 Å². The second-order valence-corrected chi connectivity index (χ2v) is 7.53. The largest absolute Gasteiger partial charge is 0.491 e. The summed E-state index contributed by atoms with van der Waals surface area (Å²) < 4.78 is 29.6. The molecule has 1 aliphatic carbocycles. The molecule has 27 heavy (non-hydrogen) atoms. The summed E-state index contributed by atoms with van der Waals surface area (Å²) in [6.07, 6.45) is 0.270. The Bertz CT molecular complexity index is 700. The summed E-state index contributed by atoms with van der Waals surface area (Å²) in [7, 11) is 1.19. The highest BCUT2D eigenvalue weighted by Gasteiger charge is 2.27. The summed E-state index contributed by atoms with van der Waals surface area (Å²) in [5.74, 6) is -0.873. The molecule has 1 aliphatic rings. The number of amides is 1. The van der Waals surface area contributed by atoms with Crippen molar-refractivity contribution in [1.82, 2.24) is 5.32 Å². The average molecular weight is 383 g/mol. The van der Waals surface area contributed by atoms with Gasteiger partial charge in [0, 0.05) is 12.7 Å². The van der Waals surface area contributed by atoms with Crippen molar-refractivity contribution in [2.24, 2.45) is 5.92 Å². The number of carbonyl (C=O) groups excluding carboxylic acids is 2. The highest BCUT2D eigenvalue weighted by atomic mass is 19.1. The van der Waals surface area contributed by atoms with Crippen molar-refractivity contribution < 1.29 is 33.3 Å². The standard InChI is InChI=1S/C19H26FNO6/c1-19(2,3)27-18(24)21-16(17(23)25-4)10-26-13-7-12-5-11(9-22)6-14(12)15(20)8-13/h7-8,11,16,22H,5-6,9-10H2,1-4H3,(H,21,24). The summed E-state index contributed by atoms with van der Waals surface area (Å²) in [6, 6.07) is 1.82. The van der Waals surface area contributed by atoms with Crippen LogP contribution in [0.4, 0.5) is 9.18 Å². The number of alkyl carbamates (subject to hydrolysis) is 1. The van der Waals surface area contributed by atoms with Crippen molar-refractivity contribution in [2.75, 3.05) is 20.3 Å². The van der Waals surface area contributed by atoms with Gasteiger partial charge in [-0.25, -0.2) is 14.0 Å². The lowest BCUT2D eigenvalue weighted by molar-refractivity contribution is -0.143. The zero-order chi connectivity index (χ0) is 20.2. The van der Waals surface area contributed by atoms with Gasteiger partial charge in [0.1, 0.15) is 23.8 Å². The molecule has 0 radical (unpaired) electrons. The van der Waals surface area contributed by atoms with Crippen LogP contribution in [0.5, 0.6) is 5.75 Å². The molecule has 8 heteroatoms. The lowest BCUT2D eigenvalue weighted by atomic mass is 10.1. The number of ether oxygens (including phenoxy) is 3. The van der Waals surface area contributed by atoms with Gasteiger partial charge < -0.3 is 24.6 Å². The molecule has 2 rings (SSSR count). The molecular formula is C19H26FNO6. The van der Waals surface area contributed by atoms with Gasteiger partial charge in [-0.1, -0.05) is 0 Å². The number of aliphatic hydroxyl groups excluding tert-OH is 1. The first kappa shape index (κ1) is 21.0. The molecule has 2 atom stereocenters. The third kappa shape index (κ3) is 5.82. The van der Waals surface area contributed by atoms with E-state index in [2.05, 4.69) is 10.1 Å². The first-order valence-corrected chi connectivity index (χ1v) is 8.75. The van der Waals surface area contributed by atoms with Crippen LogP contribution >= 0.6 is 0 Å². The van der Waals surface area contributed by atoms with Gasteiger partial charge in [-0.3, -0.25) is 0 Å². The van der Waals surface area contributed by atoms with Crippen LogP contribution in [-0.2, 0) is 27.1 Å². The fourth-order valence-electron chi connectivity index (χ4n) is 2.90. The number of fused-ring (bicyclic) bond motifs is 1. The Labute approximate surface area is 157 Å². The fourth-order valence-corrected chi connectivity index (χ4v) is 2.90. The Morgan fingerprint density at radius 1 is 1.33 bits per heavy atom. The minimum Gasteiger partial charge on any atom is -0.491 e. The van der Waals surface area contributed by atoms with Gasteiger partial charge in [-0.2, -0.15) is 0 Å². The van der Waals surface area contributed by atoms with Crippen molar-refractivity contribution in [3.8, 4) is 5.75 Å². The van der Waals surface area contributed by atoms with Crippen LogP contribution in [0.2, 0.25) is 0 Å². The van der Waals surface area contributed by atoms with E-state index < -0.39 is 29.5 Å². The van der Waals surface area contributed by atoms with E-state index in [0.29, 0.717) is 18.4 Å². The molecule has 1 amide bonds. The zero-order valence-corrected chi connectivity index (χ0v) is 16.0. The number of hydrogen-bond donors (Lipinski definition) is 2. The number of methoxy groups -OCH3 is 1. The molecule has 150 valence electrons. The number of rotatable bonds is 6. The molecule has 0 aromatic heterocycles. The summed E-state index contributed by atoms with van der Waals surface area (Å²) >= 11 is 0. The molecule has 2 unspecified atom stereocenters. The van der Waals surface area contributed by atoms with Crippen LogP contribution in [0, 0.1) is 11.7 Å². The van der Waals surface area contributed by atoms with Gasteiger partial charge in [0.05, 0.1) is 7.11 Å². The van der Waals surface area contributed by atoms with Gasteiger partial charge in [0.25, 0.3) is 0 Å². The number of carbonyl (C=O) groups is 2. The molecule has 0 saturated heterocycles. The maximum absolute atomic E-state index is 14.3. The SMILES string of the molecule is COC(=O)C(COc1cc(F)c2c(c1)CC(CO)C2)NC(=O)OC(C)(C)C. The topological polar surface area (TPSA) is 94.1 Å². The molecule has 0 aliphatic heterocycles. The first-order chi connectivity index (χ1) is 12.6.